The second-order valence-electron chi connectivity index (χ2n) is 5.48. The Morgan fingerprint density at radius 2 is 1.89 bits per heavy atom. The third-order valence-corrected chi connectivity index (χ3v) is 3.56. The van der Waals surface area contributed by atoms with E-state index in [9.17, 15) is 4.79 Å². The average molecular weight is 256 g/mol. The first kappa shape index (κ1) is 13.8. The summed E-state index contributed by atoms with van der Waals surface area (Å²) in [4.78, 5) is 11.5. The van der Waals surface area contributed by atoms with Gasteiger partial charge in [-0.05, 0) is 26.7 Å². The quantitative estimate of drug-likeness (QED) is 0.780. The molecule has 0 aromatic heterocycles. The second kappa shape index (κ2) is 5.99. The van der Waals surface area contributed by atoms with Gasteiger partial charge in [0.1, 0.15) is 0 Å². The molecule has 0 aromatic carbocycles. The number of carbonyl (C=O) groups excluding carboxylic acids is 1. The Balaban J connectivity index is 1.66. The summed E-state index contributed by atoms with van der Waals surface area (Å²) < 4.78 is 11.4. The minimum atomic E-state index is -0.307. The standard InChI is InChI=1S/C13H24N2O3/c1-10(2)15-12(16)9-14-11-3-5-13(6-4-11)17-7-8-18-13/h10-11,14H,3-9H2,1-2H3,(H,15,16). The number of rotatable bonds is 4. The SMILES string of the molecule is CC(C)NC(=O)CNC1CCC2(CC1)OCCO2. The van der Waals surface area contributed by atoms with Crippen LogP contribution in [0.2, 0.25) is 0 Å². The molecular formula is C13H24N2O3. The highest BCUT2D eigenvalue weighted by molar-refractivity contribution is 5.78. The van der Waals surface area contributed by atoms with Crippen molar-refractivity contribution in [3.8, 4) is 0 Å². The molecule has 0 bridgehead atoms. The van der Waals surface area contributed by atoms with E-state index in [0.29, 0.717) is 12.6 Å². The molecule has 5 nitrogen and oxygen atoms in total. The summed E-state index contributed by atoms with van der Waals surface area (Å²) in [7, 11) is 0. The highest BCUT2D eigenvalue weighted by Gasteiger charge is 2.40. The topological polar surface area (TPSA) is 59.6 Å². The predicted octanol–water partition coefficient (Wildman–Crippen LogP) is 0.786. The van der Waals surface area contributed by atoms with E-state index in [4.69, 9.17) is 9.47 Å². The molecule has 0 aromatic rings. The van der Waals surface area contributed by atoms with Crippen LogP contribution in [0, 0.1) is 0 Å². The summed E-state index contributed by atoms with van der Waals surface area (Å²) in [6.07, 6.45) is 3.87. The fourth-order valence-corrected chi connectivity index (χ4v) is 2.66. The molecule has 2 fully saturated rings. The van der Waals surface area contributed by atoms with Crippen molar-refractivity contribution in [2.75, 3.05) is 19.8 Å². The van der Waals surface area contributed by atoms with Crippen LogP contribution in [0.25, 0.3) is 0 Å². The predicted molar refractivity (Wildman–Crippen MR) is 68.2 cm³/mol. The fourth-order valence-electron chi connectivity index (χ4n) is 2.66. The molecule has 0 unspecified atom stereocenters. The van der Waals surface area contributed by atoms with Crippen LogP contribution in [0.5, 0.6) is 0 Å². The Kier molecular flexibility index (Phi) is 4.59. The summed E-state index contributed by atoms with van der Waals surface area (Å²) in [5, 5.41) is 6.19. The second-order valence-corrected chi connectivity index (χ2v) is 5.48. The van der Waals surface area contributed by atoms with Gasteiger partial charge in [0, 0.05) is 24.9 Å². The highest BCUT2D eigenvalue weighted by Crippen LogP contribution is 2.35. The van der Waals surface area contributed by atoms with Gasteiger partial charge in [0.15, 0.2) is 5.79 Å². The number of ether oxygens (including phenoxy) is 2. The molecule has 2 rings (SSSR count). The van der Waals surface area contributed by atoms with Gasteiger partial charge in [0.25, 0.3) is 0 Å². The molecular weight excluding hydrogens is 232 g/mol. The zero-order valence-electron chi connectivity index (χ0n) is 11.3. The zero-order chi connectivity index (χ0) is 13.0. The number of hydrogen-bond donors (Lipinski definition) is 2. The van der Waals surface area contributed by atoms with Crippen LogP contribution in [0.1, 0.15) is 39.5 Å². The molecule has 1 saturated carbocycles. The van der Waals surface area contributed by atoms with E-state index in [1.54, 1.807) is 0 Å². The van der Waals surface area contributed by atoms with Crippen LogP contribution in [-0.4, -0.2) is 43.5 Å². The fraction of sp³-hybridized carbons (Fsp3) is 0.923. The smallest absolute Gasteiger partial charge is 0.234 e. The van der Waals surface area contributed by atoms with Crippen molar-refractivity contribution in [1.82, 2.24) is 10.6 Å². The number of hydrogen-bond acceptors (Lipinski definition) is 4. The number of amides is 1. The molecule has 1 saturated heterocycles. The molecule has 1 amide bonds. The zero-order valence-corrected chi connectivity index (χ0v) is 11.3. The van der Waals surface area contributed by atoms with Crippen LogP contribution in [0.15, 0.2) is 0 Å². The summed E-state index contributed by atoms with van der Waals surface area (Å²) >= 11 is 0. The summed E-state index contributed by atoms with van der Waals surface area (Å²) in [6, 6.07) is 0.607. The molecule has 1 aliphatic carbocycles. The van der Waals surface area contributed by atoms with Gasteiger partial charge in [-0.25, -0.2) is 0 Å². The maximum Gasteiger partial charge on any atom is 0.234 e. The van der Waals surface area contributed by atoms with E-state index in [1.165, 1.54) is 0 Å². The largest absolute Gasteiger partial charge is 0.353 e. The first-order valence-corrected chi connectivity index (χ1v) is 6.90. The average Bonchev–Trinajstić information content (AvgIpc) is 2.76. The van der Waals surface area contributed by atoms with E-state index >= 15 is 0 Å². The third-order valence-electron chi connectivity index (χ3n) is 3.56. The number of nitrogens with one attached hydrogen (secondary N) is 2. The molecule has 1 aliphatic heterocycles. The third kappa shape index (κ3) is 3.67. The molecule has 0 atom stereocenters. The van der Waals surface area contributed by atoms with Gasteiger partial charge in [-0.15, -0.1) is 0 Å². The Hall–Kier alpha value is -0.650. The van der Waals surface area contributed by atoms with E-state index in [-0.39, 0.29) is 17.7 Å². The summed E-state index contributed by atoms with van der Waals surface area (Å²) in [6.45, 7) is 5.77. The Morgan fingerprint density at radius 3 is 2.44 bits per heavy atom. The Morgan fingerprint density at radius 1 is 1.28 bits per heavy atom. The van der Waals surface area contributed by atoms with Crippen LogP contribution >= 0.6 is 0 Å². The maximum absolute atomic E-state index is 11.5. The first-order chi connectivity index (χ1) is 8.60. The van der Waals surface area contributed by atoms with Gasteiger partial charge < -0.3 is 20.1 Å². The lowest BCUT2D eigenvalue weighted by Crippen LogP contribution is -2.45. The van der Waals surface area contributed by atoms with Gasteiger partial charge in [-0.3, -0.25) is 4.79 Å². The molecule has 104 valence electrons. The minimum absolute atomic E-state index is 0.0682. The normalized spacial score (nSPS) is 23.7. The van der Waals surface area contributed by atoms with Crippen molar-refractivity contribution >= 4 is 5.91 Å². The lowest BCUT2D eigenvalue weighted by atomic mass is 9.90. The Labute approximate surface area is 109 Å². The number of carbonyl (C=O) groups is 1. The van der Waals surface area contributed by atoms with Crippen LogP contribution in [-0.2, 0) is 14.3 Å². The molecule has 1 heterocycles. The van der Waals surface area contributed by atoms with Gasteiger partial charge >= 0.3 is 0 Å². The molecule has 18 heavy (non-hydrogen) atoms. The van der Waals surface area contributed by atoms with Crippen LogP contribution in [0.3, 0.4) is 0 Å². The summed E-state index contributed by atoms with van der Waals surface area (Å²) in [5.74, 6) is -0.239. The lowest BCUT2D eigenvalue weighted by molar-refractivity contribution is -0.179. The first-order valence-electron chi connectivity index (χ1n) is 6.90. The van der Waals surface area contributed by atoms with Crippen molar-refractivity contribution in [1.29, 1.82) is 0 Å². The van der Waals surface area contributed by atoms with Gasteiger partial charge in [0.2, 0.25) is 5.91 Å². The van der Waals surface area contributed by atoms with E-state index < -0.39 is 0 Å². The highest BCUT2D eigenvalue weighted by atomic mass is 16.7. The minimum Gasteiger partial charge on any atom is -0.353 e. The van der Waals surface area contributed by atoms with Crippen molar-refractivity contribution in [2.45, 2.75) is 57.4 Å². The van der Waals surface area contributed by atoms with Crippen molar-refractivity contribution in [3.63, 3.8) is 0 Å². The van der Waals surface area contributed by atoms with Crippen LogP contribution in [0.4, 0.5) is 0 Å². The van der Waals surface area contributed by atoms with Crippen molar-refractivity contribution < 1.29 is 14.3 Å². The van der Waals surface area contributed by atoms with E-state index in [1.807, 2.05) is 13.8 Å². The van der Waals surface area contributed by atoms with Gasteiger partial charge in [0.05, 0.1) is 19.8 Å². The maximum atomic E-state index is 11.5. The monoisotopic (exact) mass is 256 g/mol. The van der Waals surface area contributed by atoms with Crippen molar-refractivity contribution in [3.05, 3.63) is 0 Å². The van der Waals surface area contributed by atoms with Crippen LogP contribution < -0.4 is 10.6 Å². The molecule has 1 spiro atoms. The van der Waals surface area contributed by atoms with Gasteiger partial charge in [-0.2, -0.15) is 0 Å². The molecule has 5 heteroatoms. The Bertz CT molecular complexity index is 278. The van der Waals surface area contributed by atoms with Gasteiger partial charge in [-0.1, -0.05) is 0 Å². The molecule has 2 N–H and O–H groups in total. The summed E-state index contributed by atoms with van der Waals surface area (Å²) in [5.41, 5.74) is 0. The van der Waals surface area contributed by atoms with E-state index in [2.05, 4.69) is 10.6 Å². The molecule has 0 radical (unpaired) electrons. The van der Waals surface area contributed by atoms with E-state index in [0.717, 1.165) is 38.9 Å². The molecule has 2 aliphatic rings. The van der Waals surface area contributed by atoms with Crippen molar-refractivity contribution in [2.24, 2.45) is 0 Å². The lowest BCUT2D eigenvalue weighted by Gasteiger charge is -2.35.